The number of hydrogen-bond donors (Lipinski definition) is 0. The minimum atomic E-state index is 0.327. The average molecular weight is 803 g/mol. The van der Waals surface area contributed by atoms with E-state index in [0.717, 1.165) is 78.2 Å². The Morgan fingerprint density at radius 3 is 0.772 bits per heavy atom. The third kappa shape index (κ3) is 54.8. The third-order valence-corrected chi connectivity index (χ3v) is 10.4. The van der Waals surface area contributed by atoms with E-state index in [1.54, 1.807) is 0 Å². The van der Waals surface area contributed by atoms with E-state index in [4.69, 9.17) is 23.7 Å². The van der Waals surface area contributed by atoms with Gasteiger partial charge in [-0.25, -0.2) is 0 Å². The van der Waals surface area contributed by atoms with E-state index in [1.165, 1.54) is 180 Å². The maximum atomic E-state index is 5.81. The minimum absolute atomic E-state index is 0.327. The van der Waals surface area contributed by atoms with E-state index in [0.29, 0.717) is 13.6 Å². The molecule has 0 aliphatic rings. The fourth-order valence-electron chi connectivity index (χ4n) is 6.70. The lowest BCUT2D eigenvalue weighted by Crippen LogP contribution is -2.06. The van der Waals surface area contributed by atoms with Crippen molar-refractivity contribution in [3.8, 4) is 0 Å². The average Bonchev–Trinajstić information content (AvgIpc) is 3.22. The molecule has 0 spiro atoms. The molecule has 0 aromatic rings. The van der Waals surface area contributed by atoms with Crippen LogP contribution in [0.1, 0.15) is 232 Å². The summed E-state index contributed by atoms with van der Waals surface area (Å²) in [4.78, 5) is 0. The van der Waals surface area contributed by atoms with Gasteiger partial charge in [0.25, 0.3) is 0 Å². The van der Waals surface area contributed by atoms with Crippen molar-refractivity contribution in [3.05, 3.63) is 48.6 Å². The molecule has 0 N–H and O–H groups in total. The zero-order chi connectivity index (χ0) is 40.9. The highest BCUT2D eigenvalue weighted by molar-refractivity contribution is 4.83. The summed E-state index contributed by atoms with van der Waals surface area (Å²) < 4.78 is 28.3. The molecule has 336 valence electrons. The summed E-state index contributed by atoms with van der Waals surface area (Å²) in [7, 11) is 0. The molecule has 0 unspecified atom stereocenters. The van der Waals surface area contributed by atoms with E-state index < -0.39 is 0 Å². The zero-order valence-corrected chi connectivity index (χ0v) is 38.4. The Bertz CT molecular complexity index is 755. The van der Waals surface area contributed by atoms with Gasteiger partial charge < -0.3 is 23.7 Å². The number of hydrogen-bond acceptors (Lipinski definition) is 5. The summed E-state index contributed by atoms with van der Waals surface area (Å²) in [5.41, 5.74) is 0. The van der Waals surface area contributed by atoms with E-state index in [1.807, 2.05) is 0 Å². The first-order valence-corrected chi connectivity index (χ1v) is 24.9. The van der Waals surface area contributed by atoms with Crippen molar-refractivity contribution in [2.24, 2.45) is 0 Å². The first-order valence-electron chi connectivity index (χ1n) is 24.9. The number of unbranched alkanes of at least 4 members (excludes halogenated alkanes) is 26. The Morgan fingerprint density at radius 1 is 0.211 bits per heavy atom. The lowest BCUT2D eigenvalue weighted by molar-refractivity contribution is -0.131. The van der Waals surface area contributed by atoms with Crippen LogP contribution in [0.5, 0.6) is 0 Å². The summed E-state index contributed by atoms with van der Waals surface area (Å²) in [5.74, 6) is 0. The molecular formula is C52H98O5. The molecule has 0 heterocycles. The molecule has 0 aliphatic carbocycles. The van der Waals surface area contributed by atoms with Gasteiger partial charge in [0.05, 0.1) is 13.2 Å². The molecule has 0 amide bonds. The van der Waals surface area contributed by atoms with E-state index in [-0.39, 0.29) is 0 Å². The monoisotopic (exact) mass is 803 g/mol. The normalized spacial score (nSPS) is 12.2. The summed E-state index contributed by atoms with van der Waals surface area (Å²) in [6.45, 7) is 10.2. The van der Waals surface area contributed by atoms with Crippen LogP contribution in [0, 0.1) is 0 Å². The largest absolute Gasteiger partial charge is 0.381 e. The topological polar surface area (TPSA) is 46.2 Å². The first-order chi connectivity index (χ1) is 28.4. The molecule has 0 fully saturated rings. The highest BCUT2D eigenvalue weighted by atomic mass is 16.7. The summed E-state index contributed by atoms with van der Waals surface area (Å²) in [6, 6.07) is 0. The van der Waals surface area contributed by atoms with Gasteiger partial charge in [0, 0.05) is 26.4 Å². The van der Waals surface area contributed by atoms with Crippen LogP contribution in [-0.2, 0) is 23.7 Å². The lowest BCUT2D eigenvalue weighted by atomic mass is 10.1. The van der Waals surface area contributed by atoms with Crippen molar-refractivity contribution in [1.29, 1.82) is 0 Å². The first kappa shape index (κ1) is 55.8. The second kappa shape index (κ2) is 54.8. The molecular weight excluding hydrogens is 705 g/mol. The Labute approximate surface area is 356 Å². The maximum Gasteiger partial charge on any atom is 0.149 e. The van der Waals surface area contributed by atoms with E-state index in [2.05, 4.69) is 62.5 Å². The molecule has 0 aliphatic heterocycles. The van der Waals surface area contributed by atoms with Crippen molar-refractivity contribution in [1.82, 2.24) is 0 Å². The standard InChI is InChI=1S/C52H98O5/c1-3-5-7-9-11-13-15-17-19-21-23-25-27-29-33-39-45-53-47-41-35-31-37-43-49-55-51-57-52-56-50-44-38-32-36-42-48-54-46-40-34-30-28-26-24-22-20-18-16-14-12-10-8-6-4-2/h9-12,29-30,33-34H,3-8,13-28,31-32,35-52H2,1-2H3/b11-9-,12-10-,33-29+,34-30+. The van der Waals surface area contributed by atoms with Crippen molar-refractivity contribution < 1.29 is 23.7 Å². The molecule has 5 nitrogen and oxygen atoms in total. The molecule has 0 radical (unpaired) electrons. The molecule has 0 bridgehead atoms. The zero-order valence-electron chi connectivity index (χ0n) is 38.4. The van der Waals surface area contributed by atoms with E-state index >= 15 is 0 Å². The quantitative estimate of drug-likeness (QED) is 0.0348. The lowest BCUT2D eigenvalue weighted by Gasteiger charge is -2.07. The Morgan fingerprint density at radius 2 is 0.456 bits per heavy atom. The SMILES string of the molecule is CCCC/C=C\CCCCCCCC/C=C/CCOCCCCCCCOCOCOCCCCCCCOCC/C=C/CCCCCCCC/C=C\CCCC. The molecule has 5 heteroatoms. The molecule has 0 saturated carbocycles. The molecule has 0 aromatic carbocycles. The molecule has 0 aromatic heterocycles. The van der Waals surface area contributed by atoms with Crippen LogP contribution in [0.15, 0.2) is 48.6 Å². The summed E-state index contributed by atoms with van der Waals surface area (Å²) in [6.07, 6.45) is 62.1. The Balaban J connectivity index is 3.14. The second-order valence-electron chi connectivity index (χ2n) is 16.2. The van der Waals surface area contributed by atoms with Gasteiger partial charge in [0.15, 0.2) is 0 Å². The summed E-state index contributed by atoms with van der Waals surface area (Å²) >= 11 is 0. The highest BCUT2D eigenvalue weighted by Gasteiger charge is 1.97. The van der Waals surface area contributed by atoms with Gasteiger partial charge in [-0.1, -0.05) is 178 Å². The van der Waals surface area contributed by atoms with Crippen LogP contribution in [0.2, 0.25) is 0 Å². The van der Waals surface area contributed by atoms with Crippen molar-refractivity contribution in [3.63, 3.8) is 0 Å². The van der Waals surface area contributed by atoms with Crippen LogP contribution in [0.4, 0.5) is 0 Å². The van der Waals surface area contributed by atoms with Crippen LogP contribution in [0.25, 0.3) is 0 Å². The number of allylic oxidation sites excluding steroid dienone is 6. The smallest absolute Gasteiger partial charge is 0.149 e. The van der Waals surface area contributed by atoms with Crippen LogP contribution < -0.4 is 0 Å². The maximum absolute atomic E-state index is 5.81. The van der Waals surface area contributed by atoms with Gasteiger partial charge in [-0.2, -0.15) is 0 Å². The predicted octanol–water partition coefficient (Wildman–Crippen LogP) is 16.5. The predicted molar refractivity (Wildman–Crippen MR) is 249 cm³/mol. The fourth-order valence-corrected chi connectivity index (χ4v) is 6.70. The van der Waals surface area contributed by atoms with Gasteiger partial charge in [0.2, 0.25) is 0 Å². The van der Waals surface area contributed by atoms with Gasteiger partial charge in [-0.05, 0) is 103 Å². The van der Waals surface area contributed by atoms with E-state index in [9.17, 15) is 0 Å². The van der Waals surface area contributed by atoms with Gasteiger partial charge in [-0.3, -0.25) is 0 Å². The second-order valence-corrected chi connectivity index (χ2v) is 16.2. The third-order valence-electron chi connectivity index (χ3n) is 10.4. The van der Waals surface area contributed by atoms with Gasteiger partial charge >= 0.3 is 0 Å². The van der Waals surface area contributed by atoms with Crippen LogP contribution in [0.3, 0.4) is 0 Å². The molecule has 0 atom stereocenters. The van der Waals surface area contributed by atoms with Crippen LogP contribution >= 0.6 is 0 Å². The van der Waals surface area contributed by atoms with Crippen LogP contribution in [-0.4, -0.2) is 53.2 Å². The van der Waals surface area contributed by atoms with Crippen molar-refractivity contribution in [2.75, 3.05) is 53.2 Å². The van der Waals surface area contributed by atoms with Crippen molar-refractivity contribution >= 4 is 0 Å². The van der Waals surface area contributed by atoms with Crippen molar-refractivity contribution in [2.45, 2.75) is 232 Å². The van der Waals surface area contributed by atoms with Gasteiger partial charge in [-0.15, -0.1) is 0 Å². The molecule has 0 rings (SSSR count). The Kier molecular flexibility index (Phi) is 53.6. The number of ether oxygens (including phenoxy) is 5. The number of rotatable bonds is 50. The minimum Gasteiger partial charge on any atom is -0.381 e. The molecule has 0 saturated heterocycles. The Hall–Kier alpha value is -1.24. The fraction of sp³-hybridized carbons (Fsp3) is 0.846. The summed E-state index contributed by atoms with van der Waals surface area (Å²) in [5, 5.41) is 0. The molecule has 57 heavy (non-hydrogen) atoms. The highest BCUT2D eigenvalue weighted by Crippen LogP contribution is 2.12. The van der Waals surface area contributed by atoms with Gasteiger partial charge in [0.1, 0.15) is 13.6 Å².